The van der Waals surface area contributed by atoms with Gasteiger partial charge in [-0.25, -0.2) is 0 Å². The fourth-order valence-corrected chi connectivity index (χ4v) is 1.43. The van der Waals surface area contributed by atoms with Gasteiger partial charge >= 0.3 is 5.97 Å². The number of amides is 1. The molecule has 0 spiro atoms. The van der Waals surface area contributed by atoms with Crippen molar-refractivity contribution in [2.75, 3.05) is 13.6 Å². The van der Waals surface area contributed by atoms with Crippen molar-refractivity contribution in [3.8, 4) is 0 Å². The second kappa shape index (κ2) is 5.95. The highest BCUT2D eigenvalue weighted by atomic mass is 16.4. The summed E-state index contributed by atoms with van der Waals surface area (Å²) in [5.41, 5.74) is 0.979. The SMILES string of the molecule is CC(=O)c1ccc(C(=O)N(C)CCC(=O)O)cc1. The Hall–Kier alpha value is -2.17. The Morgan fingerprint density at radius 3 is 2.06 bits per heavy atom. The van der Waals surface area contributed by atoms with Crippen LogP contribution in [-0.4, -0.2) is 41.3 Å². The molecular formula is C13H15NO4. The van der Waals surface area contributed by atoms with Gasteiger partial charge in [0.2, 0.25) is 0 Å². The van der Waals surface area contributed by atoms with E-state index in [0.29, 0.717) is 11.1 Å². The third kappa shape index (κ3) is 3.69. The highest BCUT2D eigenvalue weighted by molar-refractivity contribution is 5.97. The smallest absolute Gasteiger partial charge is 0.305 e. The van der Waals surface area contributed by atoms with Crippen LogP contribution >= 0.6 is 0 Å². The molecule has 1 aromatic rings. The lowest BCUT2D eigenvalue weighted by Gasteiger charge is -2.16. The molecule has 0 radical (unpaired) electrons. The molecule has 0 saturated heterocycles. The van der Waals surface area contributed by atoms with Crippen LogP contribution in [0.4, 0.5) is 0 Å². The van der Waals surface area contributed by atoms with Crippen LogP contribution < -0.4 is 0 Å². The van der Waals surface area contributed by atoms with Crippen molar-refractivity contribution in [3.05, 3.63) is 35.4 Å². The van der Waals surface area contributed by atoms with Gasteiger partial charge < -0.3 is 10.0 Å². The van der Waals surface area contributed by atoms with Crippen LogP contribution in [0.5, 0.6) is 0 Å². The van der Waals surface area contributed by atoms with E-state index < -0.39 is 5.97 Å². The predicted molar refractivity (Wildman–Crippen MR) is 65.7 cm³/mol. The first kappa shape index (κ1) is 13.9. The largest absolute Gasteiger partial charge is 0.481 e. The van der Waals surface area contributed by atoms with Gasteiger partial charge in [0, 0.05) is 24.7 Å². The third-order valence-electron chi connectivity index (χ3n) is 2.55. The Kier molecular flexibility index (Phi) is 4.59. The van der Waals surface area contributed by atoms with Gasteiger partial charge in [0.05, 0.1) is 6.42 Å². The summed E-state index contributed by atoms with van der Waals surface area (Å²) in [6.45, 7) is 1.61. The summed E-state index contributed by atoms with van der Waals surface area (Å²) in [6, 6.07) is 6.30. The number of rotatable bonds is 5. The van der Waals surface area contributed by atoms with Gasteiger partial charge in [-0.3, -0.25) is 14.4 Å². The number of Topliss-reactive ketones (excluding diaryl/α,β-unsaturated/α-hetero) is 1. The second-order valence-electron chi connectivity index (χ2n) is 4.00. The molecule has 18 heavy (non-hydrogen) atoms. The molecule has 0 aromatic heterocycles. The fourth-order valence-electron chi connectivity index (χ4n) is 1.43. The van der Waals surface area contributed by atoms with Crippen LogP contribution in [0, 0.1) is 0 Å². The van der Waals surface area contributed by atoms with Crippen molar-refractivity contribution >= 4 is 17.7 Å². The van der Waals surface area contributed by atoms with Crippen LogP contribution in [-0.2, 0) is 4.79 Å². The van der Waals surface area contributed by atoms with Gasteiger partial charge in [-0.2, -0.15) is 0 Å². The van der Waals surface area contributed by atoms with Gasteiger partial charge in [-0.05, 0) is 19.1 Å². The predicted octanol–water partition coefficient (Wildman–Crippen LogP) is 1.44. The maximum Gasteiger partial charge on any atom is 0.305 e. The summed E-state index contributed by atoms with van der Waals surface area (Å²) in [5, 5.41) is 8.54. The molecule has 96 valence electrons. The van der Waals surface area contributed by atoms with Crippen molar-refractivity contribution in [1.82, 2.24) is 4.90 Å². The molecule has 0 aliphatic carbocycles. The molecule has 0 fully saturated rings. The van der Waals surface area contributed by atoms with E-state index in [2.05, 4.69) is 0 Å². The number of aliphatic carboxylic acids is 1. The number of nitrogens with zero attached hydrogens (tertiary/aromatic N) is 1. The average molecular weight is 249 g/mol. The van der Waals surface area contributed by atoms with E-state index in [-0.39, 0.29) is 24.7 Å². The van der Waals surface area contributed by atoms with Crippen LogP contribution in [0.3, 0.4) is 0 Å². The third-order valence-corrected chi connectivity index (χ3v) is 2.55. The molecule has 0 atom stereocenters. The Morgan fingerprint density at radius 1 is 1.11 bits per heavy atom. The normalized spacial score (nSPS) is 9.89. The number of carboxylic acid groups (broad SMARTS) is 1. The number of hydrogen-bond acceptors (Lipinski definition) is 3. The summed E-state index contributed by atoms with van der Waals surface area (Å²) < 4.78 is 0. The molecular weight excluding hydrogens is 234 g/mol. The van der Waals surface area contributed by atoms with Crippen molar-refractivity contribution in [2.24, 2.45) is 0 Å². The molecule has 5 heteroatoms. The number of carboxylic acids is 1. The van der Waals surface area contributed by atoms with E-state index in [9.17, 15) is 14.4 Å². The maximum atomic E-state index is 11.9. The standard InChI is InChI=1S/C13H15NO4/c1-9(15)10-3-5-11(6-4-10)13(18)14(2)8-7-12(16)17/h3-6H,7-8H2,1-2H3,(H,16,17). The number of carbonyl (C=O) groups excluding carboxylic acids is 2. The lowest BCUT2D eigenvalue weighted by Crippen LogP contribution is -2.29. The van der Waals surface area contributed by atoms with Crippen LogP contribution in [0.25, 0.3) is 0 Å². The molecule has 0 aliphatic heterocycles. The van der Waals surface area contributed by atoms with Crippen molar-refractivity contribution in [3.63, 3.8) is 0 Å². The lowest BCUT2D eigenvalue weighted by atomic mass is 10.1. The Balaban J connectivity index is 2.71. The zero-order valence-electron chi connectivity index (χ0n) is 10.3. The number of carbonyl (C=O) groups is 3. The van der Waals surface area contributed by atoms with Crippen molar-refractivity contribution in [1.29, 1.82) is 0 Å². The van der Waals surface area contributed by atoms with Gasteiger partial charge in [0.25, 0.3) is 5.91 Å². The topological polar surface area (TPSA) is 74.7 Å². The van der Waals surface area contributed by atoms with Crippen molar-refractivity contribution in [2.45, 2.75) is 13.3 Å². The molecule has 0 heterocycles. The Bertz CT molecular complexity index is 464. The van der Waals surface area contributed by atoms with E-state index in [1.54, 1.807) is 31.3 Å². The van der Waals surface area contributed by atoms with E-state index in [1.807, 2.05) is 0 Å². The summed E-state index contributed by atoms with van der Waals surface area (Å²) >= 11 is 0. The van der Waals surface area contributed by atoms with E-state index in [4.69, 9.17) is 5.11 Å². The van der Waals surface area contributed by atoms with Gasteiger partial charge in [0.1, 0.15) is 0 Å². The minimum absolute atomic E-state index is 0.0618. The number of hydrogen-bond donors (Lipinski definition) is 1. The summed E-state index contributed by atoms with van der Waals surface area (Å²) in [5.74, 6) is -1.26. The second-order valence-corrected chi connectivity index (χ2v) is 4.00. The van der Waals surface area contributed by atoms with E-state index in [0.717, 1.165) is 0 Å². The van der Waals surface area contributed by atoms with Gasteiger partial charge in [-0.1, -0.05) is 12.1 Å². The molecule has 0 unspecified atom stereocenters. The van der Waals surface area contributed by atoms with Gasteiger partial charge in [-0.15, -0.1) is 0 Å². The fraction of sp³-hybridized carbons (Fsp3) is 0.308. The minimum atomic E-state index is -0.943. The Labute approximate surface area is 105 Å². The molecule has 5 nitrogen and oxygen atoms in total. The van der Waals surface area contributed by atoms with Crippen LogP contribution in [0.1, 0.15) is 34.1 Å². The van der Waals surface area contributed by atoms with Crippen LogP contribution in [0.15, 0.2) is 24.3 Å². The molecule has 1 aromatic carbocycles. The molecule has 0 aliphatic rings. The summed E-state index contributed by atoms with van der Waals surface area (Å²) in [4.78, 5) is 34.7. The monoisotopic (exact) mass is 249 g/mol. The maximum absolute atomic E-state index is 11.9. The quantitative estimate of drug-likeness (QED) is 0.801. The molecule has 1 amide bonds. The van der Waals surface area contributed by atoms with Crippen molar-refractivity contribution < 1.29 is 19.5 Å². The summed E-state index contributed by atoms with van der Waals surface area (Å²) in [6.07, 6.45) is -0.0895. The zero-order valence-corrected chi connectivity index (χ0v) is 10.3. The molecule has 0 bridgehead atoms. The molecule has 0 saturated carbocycles. The number of benzene rings is 1. The van der Waals surface area contributed by atoms with E-state index in [1.165, 1.54) is 11.8 Å². The first-order valence-corrected chi connectivity index (χ1v) is 5.50. The number of ketones is 1. The summed E-state index contributed by atoms with van der Waals surface area (Å²) in [7, 11) is 1.55. The first-order valence-electron chi connectivity index (χ1n) is 5.50. The highest BCUT2D eigenvalue weighted by Gasteiger charge is 2.12. The average Bonchev–Trinajstić information content (AvgIpc) is 2.35. The minimum Gasteiger partial charge on any atom is -0.481 e. The zero-order chi connectivity index (χ0) is 13.7. The van der Waals surface area contributed by atoms with Gasteiger partial charge in [0.15, 0.2) is 5.78 Å². The first-order chi connectivity index (χ1) is 8.41. The molecule has 1 N–H and O–H groups in total. The molecule has 1 rings (SSSR count). The Morgan fingerprint density at radius 2 is 1.61 bits per heavy atom. The van der Waals surface area contributed by atoms with Crippen LogP contribution in [0.2, 0.25) is 0 Å². The highest BCUT2D eigenvalue weighted by Crippen LogP contribution is 2.08. The lowest BCUT2D eigenvalue weighted by molar-refractivity contribution is -0.137. The van der Waals surface area contributed by atoms with E-state index >= 15 is 0 Å².